The summed E-state index contributed by atoms with van der Waals surface area (Å²) >= 11 is 6.87. The van der Waals surface area contributed by atoms with Gasteiger partial charge in [-0.15, -0.1) is 11.3 Å². The predicted molar refractivity (Wildman–Crippen MR) is 171 cm³/mol. The van der Waals surface area contributed by atoms with Crippen molar-refractivity contribution in [3.05, 3.63) is 58.1 Å². The summed E-state index contributed by atoms with van der Waals surface area (Å²) in [6.45, 7) is 6.20. The zero-order valence-corrected chi connectivity index (χ0v) is 28.2. The number of hydrogen-bond acceptors (Lipinski definition) is 9. The maximum atomic E-state index is 13.3. The smallest absolute Gasteiger partial charge is 0.416 e. The molecule has 2 atom stereocenters. The lowest BCUT2D eigenvalue weighted by Gasteiger charge is -2.23. The number of carbonyl (C=O) groups excluding carboxylic acids is 2. The summed E-state index contributed by atoms with van der Waals surface area (Å²) in [6.07, 6.45) is -3.67. The van der Waals surface area contributed by atoms with E-state index in [1.807, 2.05) is 4.90 Å². The van der Waals surface area contributed by atoms with Crippen LogP contribution in [0.5, 0.6) is 0 Å². The Bertz CT molecular complexity index is 1730. The largest absolute Gasteiger partial charge is 0.444 e. The van der Waals surface area contributed by atoms with Gasteiger partial charge in [0.1, 0.15) is 15.9 Å². The molecule has 2 N–H and O–H groups in total. The van der Waals surface area contributed by atoms with Gasteiger partial charge in [0.25, 0.3) is 10.0 Å². The quantitative estimate of drug-likeness (QED) is 0.315. The number of halogens is 4. The SMILES string of the molecule is CC(C)(C)OC(=O)N[C@H]1CCN(c2nc(CNC(=O)[C@@H]3CCCN3S(=O)(=O)c3ccc(Cl)s3)cc(-c3ccc(C(F)(F)F)cc3)n2)C1. The van der Waals surface area contributed by atoms with Crippen LogP contribution in [-0.2, 0) is 32.3 Å². The average Bonchev–Trinajstić information content (AvgIpc) is 3.76. The van der Waals surface area contributed by atoms with Crippen LogP contribution >= 0.6 is 22.9 Å². The molecule has 2 aliphatic heterocycles. The van der Waals surface area contributed by atoms with Crippen LogP contribution in [0.2, 0.25) is 4.34 Å². The number of thiophene rings is 1. The highest BCUT2D eigenvalue weighted by atomic mass is 35.5. The molecule has 11 nitrogen and oxygen atoms in total. The molecule has 1 aromatic carbocycles. The highest BCUT2D eigenvalue weighted by Gasteiger charge is 2.40. The van der Waals surface area contributed by atoms with Crippen molar-refractivity contribution in [3.8, 4) is 11.3 Å². The number of aromatic nitrogens is 2. The normalized spacial score (nSPS) is 19.2. The van der Waals surface area contributed by atoms with E-state index >= 15 is 0 Å². The third kappa shape index (κ3) is 8.52. The van der Waals surface area contributed by atoms with Crippen molar-refractivity contribution in [3.63, 3.8) is 0 Å². The number of sulfonamides is 1. The van der Waals surface area contributed by atoms with E-state index in [4.69, 9.17) is 16.3 Å². The Morgan fingerprint density at radius 2 is 1.79 bits per heavy atom. The minimum Gasteiger partial charge on any atom is -0.444 e. The van der Waals surface area contributed by atoms with Crippen LogP contribution in [0.15, 0.2) is 46.7 Å². The van der Waals surface area contributed by atoms with Crippen molar-refractivity contribution in [2.75, 3.05) is 24.5 Å². The summed E-state index contributed by atoms with van der Waals surface area (Å²) in [5.74, 6) is -0.243. The first kappa shape index (κ1) is 34.9. The Hall–Kier alpha value is -3.47. The number of rotatable bonds is 8. The Balaban J connectivity index is 1.35. The van der Waals surface area contributed by atoms with Crippen LogP contribution in [0.25, 0.3) is 11.3 Å². The molecule has 2 amide bonds. The fourth-order valence-electron chi connectivity index (χ4n) is 5.36. The van der Waals surface area contributed by atoms with Gasteiger partial charge in [-0.3, -0.25) is 4.79 Å². The van der Waals surface area contributed by atoms with Gasteiger partial charge in [0.2, 0.25) is 11.9 Å². The van der Waals surface area contributed by atoms with Crippen LogP contribution in [-0.4, -0.2) is 72.0 Å². The van der Waals surface area contributed by atoms with Gasteiger partial charge >= 0.3 is 12.3 Å². The highest BCUT2D eigenvalue weighted by molar-refractivity contribution is 7.91. The summed E-state index contributed by atoms with van der Waals surface area (Å²) in [6, 6.07) is 7.81. The number of nitrogens with zero attached hydrogens (tertiary/aromatic N) is 4. The number of hydrogen-bond donors (Lipinski definition) is 2. The average molecular weight is 715 g/mol. The molecule has 2 aliphatic rings. The van der Waals surface area contributed by atoms with E-state index in [0.717, 1.165) is 23.5 Å². The van der Waals surface area contributed by atoms with E-state index in [1.54, 1.807) is 26.8 Å². The summed E-state index contributed by atoms with van der Waals surface area (Å²) in [5, 5.41) is 5.62. The Morgan fingerprint density at radius 1 is 1.06 bits per heavy atom. The number of alkyl halides is 3. The molecule has 47 heavy (non-hydrogen) atoms. The third-order valence-corrected chi connectivity index (χ3v) is 11.1. The van der Waals surface area contributed by atoms with Crippen molar-refractivity contribution < 1.29 is 35.9 Å². The molecule has 17 heteroatoms. The zero-order chi connectivity index (χ0) is 34.1. The van der Waals surface area contributed by atoms with Crippen LogP contribution in [0.4, 0.5) is 23.9 Å². The molecule has 254 valence electrons. The second-order valence-electron chi connectivity index (χ2n) is 12.2. The van der Waals surface area contributed by atoms with Crippen molar-refractivity contribution in [2.24, 2.45) is 0 Å². The Morgan fingerprint density at radius 3 is 2.43 bits per heavy atom. The number of benzene rings is 1. The highest BCUT2D eigenvalue weighted by Crippen LogP contribution is 2.33. The molecule has 0 unspecified atom stereocenters. The molecule has 5 rings (SSSR count). The molecular weight excluding hydrogens is 681 g/mol. The van der Waals surface area contributed by atoms with Gasteiger partial charge in [0.15, 0.2) is 0 Å². The molecule has 2 aromatic heterocycles. The van der Waals surface area contributed by atoms with Crippen molar-refractivity contribution >= 4 is 50.9 Å². The first-order chi connectivity index (χ1) is 22.0. The molecule has 0 spiro atoms. The minimum absolute atomic E-state index is 0.0499. The van der Waals surface area contributed by atoms with Gasteiger partial charge in [0.05, 0.1) is 33.9 Å². The molecule has 0 bridgehead atoms. The summed E-state index contributed by atoms with van der Waals surface area (Å²) in [5.41, 5.74) is -0.382. The monoisotopic (exact) mass is 714 g/mol. The van der Waals surface area contributed by atoms with Gasteiger partial charge in [-0.25, -0.2) is 23.2 Å². The molecule has 0 saturated carbocycles. The molecule has 0 radical (unpaired) electrons. The van der Waals surface area contributed by atoms with Crippen molar-refractivity contribution in [1.82, 2.24) is 24.9 Å². The van der Waals surface area contributed by atoms with E-state index in [-0.39, 0.29) is 29.3 Å². The van der Waals surface area contributed by atoms with Gasteiger partial charge in [-0.2, -0.15) is 17.5 Å². The van der Waals surface area contributed by atoms with Crippen molar-refractivity contribution in [1.29, 1.82) is 0 Å². The number of carbonyl (C=O) groups is 2. The Kier molecular flexibility index (Phi) is 10.1. The number of ether oxygens (including phenoxy) is 1. The van der Waals surface area contributed by atoms with Gasteiger partial charge in [-0.05, 0) is 70.4 Å². The summed E-state index contributed by atoms with van der Waals surface area (Å²) < 4.78 is 73.0. The first-order valence-electron chi connectivity index (χ1n) is 14.8. The fourth-order valence-corrected chi connectivity index (χ4v) is 8.63. The van der Waals surface area contributed by atoms with E-state index in [0.29, 0.717) is 53.6 Å². The lowest BCUT2D eigenvalue weighted by atomic mass is 10.1. The van der Waals surface area contributed by atoms with Gasteiger partial charge in [0, 0.05) is 25.2 Å². The van der Waals surface area contributed by atoms with E-state index in [1.165, 1.54) is 28.6 Å². The van der Waals surface area contributed by atoms with Crippen LogP contribution in [0.1, 0.15) is 51.3 Å². The fraction of sp³-hybridized carbons (Fsp3) is 0.467. The molecule has 2 saturated heterocycles. The number of amides is 2. The lowest BCUT2D eigenvalue weighted by Crippen LogP contribution is -2.45. The number of alkyl carbamates (subject to hydrolysis) is 1. The minimum atomic E-state index is -4.51. The van der Waals surface area contributed by atoms with Crippen LogP contribution in [0, 0.1) is 0 Å². The van der Waals surface area contributed by atoms with E-state index in [9.17, 15) is 31.2 Å². The van der Waals surface area contributed by atoms with E-state index < -0.39 is 45.4 Å². The second kappa shape index (κ2) is 13.6. The standard InChI is InChI=1S/C30H34ClF3N6O5S2/c1-29(2,3)45-28(42)37-20-12-14-39(17-20)27-36-21(15-22(38-27)18-6-8-19(9-7-18)30(32,33)34)16-35-26(41)23-5-4-13-40(23)47(43,44)25-11-10-24(31)46-25/h6-11,15,20,23H,4-5,12-14,16-17H2,1-3H3,(H,35,41)(H,37,42)/t20-,23-/m0/s1. The van der Waals surface area contributed by atoms with Gasteiger partial charge in [-0.1, -0.05) is 23.7 Å². The molecule has 4 heterocycles. The molecular formula is C30H34ClF3N6O5S2. The number of anilines is 1. The Labute approximate surface area is 279 Å². The van der Waals surface area contributed by atoms with Gasteiger partial charge < -0.3 is 20.3 Å². The van der Waals surface area contributed by atoms with E-state index in [2.05, 4.69) is 20.6 Å². The number of nitrogens with one attached hydrogen (secondary N) is 2. The van der Waals surface area contributed by atoms with Crippen molar-refractivity contribution in [2.45, 2.75) is 74.6 Å². The maximum absolute atomic E-state index is 13.3. The lowest BCUT2D eigenvalue weighted by molar-refractivity contribution is -0.137. The maximum Gasteiger partial charge on any atom is 0.416 e. The molecule has 3 aromatic rings. The van der Waals surface area contributed by atoms with Crippen LogP contribution in [0.3, 0.4) is 0 Å². The second-order valence-corrected chi connectivity index (χ2v) is 16.1. The zero-order valence-electron chi connectivity index (χ0n) is 25.8. The first-order valence-corrected chi connectivity index (χ1v) is 17.5. The van der Waals surface area contributed by atoms with Crippen LogP contribution < -0.4 is 15.5 Å². The summed E-state index contributed by atoms with van der Waals surface area (Å²) in [4.78, 5) is 36.7. The summed E-state index contributed by atoms with van der Waals surface area (Å²) in [7, 11) is -3.94. The molecule has 0 aliphatic carbocycles. The third-order valence-electron chi connectivity index (χ3n) is 7.53. The predicted octanol–water partition coefficient (Wildman–Crippen LogP) is 5.45. The topological polar surface area (TPSA) is 134 Å². The molecule has 2 fully saturated rings.